The number of benzene rings is 2. The van der Waals surface area contributed by atoms with Crippen molar-refractivity contribution in [1.82, 2.24) is 5.01 Å². The first-order valence-corrected chi connectivity index (χ1v) is 8.52. The van der Waals surface area contributed by atoms with Crippen LogP contribution in [-0.2, 0) is 0 Å². The van der Waals surface area contributed by atoms with Gasteiger partial charge in [0.15, 0.2) is 0 Å². The maximum atomic E-state index is 14.4. The fraction of sp³-hybridized carbons (Fsp3) is 0.158. The summed E-state index contributed by atoms with van der Waals surface area (Å²) >= 11 is 5.83. The van der Waals surface area contributed by atoms with Crippen LogP contribution < -0.4 is 15.4 Å². The predicted octanol–water partition coefficient (Wildman–Crippen LogP) is 4.95. The third kappa shape index (κ3) is 4.38. The smallest absolute Gasteiger partial charge is 0.323 e. The van der Waals surface area contributed by atoms with Gasteiger partial charge >= 0.3 is 6.03 Å². The fourth-order valence-electron chi connectivity index (χ4n) is 2.69. The van der Waals surface area contributed by atoms with E-state index in [1.165, 1.54) is 18.3 Å². The molecule has 6 nitrogen and oxygen atoms in total. The van der Waals surface area contributed by atoms with Crippen molar-refractivity contribution in [3.8, 4) is 5.75 Å². The standard InChI is InChI=1S/C19H18ClFN4O2/c1-25-18(16(21)9-10-22-25)15-11-14(7-8-17(15)27-2)24-19(26)23-13-5-3-12(20)4-6-13/h3-8,10-11H,9H2,1-2H3,(H2,23,24,26). The quantitative estimate of drug-likeness (QED) is 0.778. The van der Waals surface area contributed by atoms with E-state index in [1.807, 2.05) is 0 Å². The molecule has 2 amide bonds. The molecule has 0 unspecified atom stereocenters. The van der Waals surface area contributed by atoms with Gasteiger partial charge in [-0.1, -0.05) is 11.6 Å². The van der Waals surface area contributed by atoms with Crippen molar-refractivity contribution in [2.75, 3.05) is 24.8 Å². The normalized spacial score (nSPS) is 13.6. The van der Waals surface area contributed by atoms with Gasteiger partial charge in [0.1, 0.15) is 17.3 Å². The average Bonchev–Trinajstić information content (AvgIpc) is 2.64. The van der Waals surface area contributed by atoms with E-state index in [0.29, 0.717) is 33.4 Å². The third-order valence-corrected chi connectivity index (χ3v) is 4.17. The average molecular weight is 389 g/mol. The summed E-state index contributed by atoms with van der Waals surface area (Å²) < 4.78 is 19.7. The molecule has 0 aliphatic carbocycles. The molecule has 0 saturated carbocycles. The summed E-state index contributed by atoms with van der Waals surface area (Å²) in [5.74, 6) is 0.154. The molecule has 2 aromatic rings. The summed E-state index contributed by atoms with van der Waals surface area (Å²) in [6.45, 7) is 0. The Morgan fingerprint density at radius 1 is 1.19 bits per heavy atom. The molecular formula is C19H18ClFN4O2. The number of allylic oxidation sites excluding steroid dienone is 1. The second-order valence-corrected chi connectivity index (χ2v) is 6.22. The van der Waals surface area contributed by atoms with Crippen molar-refractivity contribution in [1.29, 1.82) is 0 Å². The van der Waals surface area contributed by atoms with Crippen LogP contribution in [-0.4, -0.2) is 31.4 Å². The number of nitrogens with zero attached hydrogens (tertiary/aromatic N) is 2. The van der Waals surface area contributed by atoms with E-state index in [0.717, 1.165) is 0 Å². The van der Waals surface area contributed by atoms with E-state index in [9.17, 15) is 9.18 Å². The maximum absolute atomic E-state index is 14.4. The van der Waals surface area contributed by atoms with Crippen molar-refractivity contribution in [3.05, 3.63) is 58.9 Å². The number of ether oxygens (including phenoxy) is 1. The van der Waals surface area contributed by atoms with Crippen molar-refractivity contribution in [2.24, 2.45) is 5.10 Å². The van der Waals surface area contributed by atoms with E-state index in [2.05, 4.69) is 15.7 Å². The van der Waals surface area contributed by atoms with Crippen LogP contribution in [0, 0.1) is 0 Å². The third-order valence-electron chi connectivity index (χ3n) is 3.92. The van der Waals surface area contributed by atoms with Gasteiger partial charge in [0.2, 0.25) is 0 Å². The summed E-state index contributed by atoms with van der Waals surface area (Å²) in [7, 11) is 3.15. The van der Waals surface area contributed by atoms with Crippen LogP contribution in [0.1, 0.15) is 12.0 Å². The van der Waals surface area contributed by atoms with E-state index < -0.39 is 6.03 Å². The lowest BCUT2D eigenvalue weighted by atomic mass is 10.1. The summed E-state index contributed by atoms with van der Waals surface area (Å²) in [6.07, 6.45) is 1.60. The highest BCUT2D eigenvalue weighted by Gasteiger charge is 2.21. The molecule has 0 saturated heterocycles. The largest absolute Gasteiger partial charge is 0.496 e. The van der Waals surface area contributed by atoms with Gasteiger partial charge in [-0.25, -0.2) is 9.18 Å². The van der Waals surface area contributed by atoms with Gasteiger partial charge < -0.3 is 15.4 Å². The number of hydrogen-bond acceptors (Lipinski definition) is 4. The van der Waals surface area contributed by atoms with Crippen LogP contribution in [0.2, 0.25) is 5.02 Å². The Kier molecular flexibility index (Phi) is 5.61. The summed E-state index contributed by atoms with van der Waals surface area (Å²) in [6, 6.07) is 11.3. The number of hydrogen-bond donors (Lipinski definition) is 2. The molecule has 0 bridgehead atoms. The first-order chi connectivity index (χ1) is 13.0. The SMILES string of the molecule is COc1ccc(NC(=O)Nc2ccc(Cl)cc2)cc1C1=C(F)CC=NN1C. The second kappa shape index (κ2) is 8.09. The summed E-state index contributed by atoms with van der Waals surface area (Å²) in [5, 5.41) is 11.6. The zero-order chi connectivity index (χ0) is 19.4. The number of carbonyl (C=O) groups excluding carboxylic acids is 1. The molecule has 0 spiro atoms. The van der Waals surface area contributed by atoms with Crippen LogP contribution >= 0.6 is 11.6 Å². The number of amides is 2. The van der Waals surface area contributed by atoms with Crippen molar-refractivity contribution >= 4 is 40.9 Å². The lowest BCUT2D eigenvalue weighted by Crippen LogP contribution is -2.20. The van der Waals surface area contributed by atoms with Crippen molar-refractivity contribution in [3.63, 3.8) is 0 Å². The van der Waals surface area contributed by atoms with E-state index >= 15 is 0 Å². The molecule has 2 N–H and O–H groups in total. The van der Waals surface area contributed by atoms with Gasteiger partial charge in [-0.05, 0) is 42.5 Å². The minimum atomic E-state index is -0.432. The van der Waals surface area contributed by atoms with Gasteiger partial charge in [-0.15, -0.1) is 0 Å². The zero-order valence-electron chi connectivity index (χ0n) is 14.8. The van der Waals surface area contributed by atoms with E-state index in [1.54, 1.807) is 49.5 Å². The number of methoxy groups -OCH3 is 1. The highest BCUT2D eigenvalue weighted by molar-refractivity contribution is 6.30. The topological polar surface area (TPSA) is 66.0 Å². The van der Waals surface area contributed by atoms with Gasteiger partial charge in [-0.3, -0.25) is 5.01 Å². The van der Waals surface area contributed by atoms with Crippen molar-refractivity contribution < 1.29 is 13.9 Å². The lowest BCUT2D eigenvalue weighted by Gasteiger charge is -2.23. The number of nitrogens with one attached hydrogen (secondary N) is 2. The monoisotopic (exact) mass is 388 g/mol. The lowest BCUT2D eigenvalue weighted by molar-refractivity contribution is 0.262. The number of carbonyl (C=O) groups is 1. The van der Waals surface area contributed by atoms with Crippen LogP contribution in [0.3, 0.4) is 0 Å². The number of urea groups is 1. The molecule has 2 aromatic carbocycles. The molecule has 0 fully saturated rings. The maximum Gasteiger partial charge on any atom is 0.323 e. The van der Waals surface area contributed by atoms with E-state index in [-0.39, 0.29) is 12.2 Å². The summed E-state index contributed by atoms with van der Waals surface area (Å²) in [4.78, 5) is 12.2. The zero-order valence-corrected chi connectivity index (χ0v) is 15.5. The molecular weight excluding hydrogens is 371 g/mol. The molecule has 140 valence electrons. The molecule has 0 radical (unpaired) electrons. The molecule has 1 aliphatic rings. The molecule has 0 aromatic heterocycles. The molecule has 8 heteroatoms. The second-order valence-electron chi connectivity index (χ2n) is 5.78. The Morgan fingerprint density at radius 3 is 2.52 bits per heavy atom. The first-order valence-electron chi connectivity index (χ1n) is 8.14. The number of halogens is 2. The Labute approximate surface area is 161 Å². The predicted molar refractivity (Wildman–Crippen MR) is 106 cm³/mol. The number of rotatable bonds is 4. The Balaban J connectivity index is 1.83. The number of anilines is 2. The highest BCUT2D eigenvalue weighted by atomic mass is 35.5. The Hall–Kier alpha value is -3.06. The van der Waals surface area contributed by atoms with Crippen LogP contribution in [0.25, 0.3) is 5.70 Å². The van der Waals surface area contributed by atoms with Crippen LogP contribution in [0.5, 0.6) is 5.75 Å². The molecule has 27 heavy (non-hydrogen) atoms. The van der Waals surface area contributed by atoms with Gasteiger partial charge in [-0.2, -0.15) is 5.10 Å². The first kappa shape index (κ1) is 18.7. The van der Waals surface area contributed by atoms with Gasteiger partial charge in [0.05, 0.1) is 7.11 Å². The Morgan fingerprint density at radius 2 is 1.85 bits per heavy atom. The Bertz CT molecular complexity index is 912. The fourth-order valence-corrected chi connectivity index (χ4v) is 2.82. The molecule has 1 heterocycles. The van der Waals surface area contributed by atoms with Crippen LogP contribution in [0.15, 0.2) is 53.4 Å². The molecule has 0 atom stereocenters. The minimum absolute atomic E-state index is 0.109. The minimum Gasteiger partial charge on any atom is -0.496 e. The van der Waals surface area contributed by atoms with Crippen LogP contribution in [0.4, 0.5) is 20.6 Å². The highest BCUT2D eigenvalue weighted by Crippen LogP contribution is 2.35. The van der Waals surface area contributed by atoms with Crippen molar-refractivity contribution in [2.45, 2.75) is 6.42 Å². The van der Waals surface area contributed by atoms with Gasteiger partial charge in [0.25, 0.3) is 0 Å². The molecule has 1 aliphatic heterocycles. The number of hydrazone groups is 1. The summed E-state index contributed by atoms with van der Waals surface area (Å²) in [5.41, 5.74) is 1.89. The van der Waals surface area contributed by atoms with E-state index in [4.69, 9.17) is 16.3 Å². The van der Waals surface area contributed by atoms with Gasteiger partial charge in [0, 0.05) is 41.6 Å². The molecule has 3 rings (SSSR count).